The first-order valence-electron chi connectivity index (χ1n) is 7.27. The molecule has 0 saturated carbocycles. The number of rotatable bonds is 4. The third-order valence-corrected chi connectivity index (χ3v) is 3.77. The van der Waals surface area contributed by atoms with Crippen LogP contribution in [0.5, 0.6) is 0 Å². The average Bonchev–Trinajstić information content (AvgIpc) is 2.36. The molecule has 0 amide bonds. The molecule has 118 valence electrons. The summed E-state index contributed by atoms with van der Waals surface area (Å²) in [5, 5.41) is 3.18. The summed E-state index contributed by atoms with van der Waals surface area (Å²) in [7, 11) is 0. The lowest BCUT2D eigenvalue weighted by Crippen LogP contribution is -2.45. The van der Waals surface area contributed by atoms with E-state index in [0.29, 0.717) is 18.6 Å². The lowest BCUT2D eigenvalue weighted by atomic mass is 9.92. The molecule has 0 aliphatic carbocycles. The highest BCUT2D eigenvalue weighted by Gasteiger charge is 2.35. The van der Waals surface area contributed by atoms with Gasteiger partial charge in [-0.3, -0.25) is 0 Å². The molecule has 0 bridgehead atoms. The van der Waals surface area contributed by atoms with Crippen molar-refractivity contribution in [2.45, 2.75) is 57.0 Å². The van der Waals surface area contributed by atoms with Crippen molar-refractivity contribution in [3.63, 3.8) is 0 Å². The van der Waals surface area contributed by atoms with Gasteiger partial charge in [0.2, 0.25) is 0 Å². The quantitative estimate of drug-likeness (QED) is 0.898. The zero-order valence-electron chi connectivity index (χ0n) is 12.4. The van der Waals surface area contributed by atoms with Gasteiger partial charge in [-0.05, 0) is 32.3 Å². The summed E-state index contributed by atoms with van der Waals surface area (Å²) in [6.45, 7) is 4.53. The van der Waals surface area contributed by atoms with Gasteiger partial charge in [-0.15, -0.1) is 0 Å². The molecule has 2 rings (SSSR count). The van der Waals surface area contributed by atoms with Gasteiger partial charge >= 0.3 is 6.18 Å². The highest BCUT2D eigenvalue weighted by molar-refractivity contribution is 5.19. The largest absolute Gasteiger partial charge is 0.390 e. The molecule has 1 aromatic carbocycles. The first kappa shape index (κ1) is 16.3. The van der Waals surface area contributed by atoms with Crippen molar-refractivity contribution in [1.82, 2.24) is 5.32 Å². The number of alkyl halides is 3. The summed E-state index contributed by atoms with van der Waals surface area (Å²) in [6, 6.07) is 8.18. The number of hydrogen-bond acceptors (Lipinski definition) is 2. The van der Waals surface area contributed by atoms with E-state index in [1.54, 1.807) is 24.3 Å². The second-order valence-electron chi connectivity index (χ2n) is 6.25. The van der Waals surface area contributed by atoms with Crippen LogP contribution in [0.2, 0.25) is 0 Å². The molecule has 5 heteroatoms. The van der Waals surface area contributed by atoms with E-state index >= 15 is 0 Å². The second kappa shape index (κ2) is 6.36. The Bertz CT molecular complexity index is 445. The minimum absolute atomic E-state index is 0.0429. The van der Waals surface area contributed by atoms with Crippen molar-refractivity contribution in [3.05, 3.63) is 35.9 Å². The molecule has 0 radical (unpaired) electrons. The molecular weight excluding hydrogens is 279 g/mol. The van der Waals surface area contributed by atoms with Gasteiger partial charge in [0.1, 0.15) is 0 Å². The van der Waals surface area contributed by atoms with Crippen LogP contribution in [0, 0.1) is 0 Å². The van der Waals surface area contributed by atoms with Crippen LogP contribution in [0.15, 0.2) is 30.3 Å². The zero-order chi connectivity index (χ0) is 15.5. The van der Waals surface area contributed by atoms with E-state index in [2.05, 4.69) is 5.32 Å². The smallest absolute Gasteiger partial charge is 0.375 e. The zero-order valence-corrected chi connectivity index (χ0v) is 12.4. The maximum absolute atomic E-state index is 12.8. The van der Waals surface area contributed by atoms with E-state index < -0.39 is 18.6 Å². The SMILES string of the molecule is CC1(C)CC(NC(CC(F)(F)F)c2ccccc2)CCO1. The molecular formula is C16H22F3NO. The highest BCUT2D eigenvalue weighted by Crippen LogP contribution is 2.32. The summed E-state index contributed by atoms with van der Waals surface area (Å²) >= 11 is 0. The van der Waals surface area contributed by atoms with E-state index in [1.165, 1.54) is 0 Å². The van der Waals surface area contributed by atoms with E-state index in [4.69, 9.17) is 4.74 Å². The molecule has 1 heterocycles. The van der Waals surface area contributed by atoms with Gasteiger partial charge in [0, 0.05) is 18.7 Å². The van der Waals surface area contributed by atoms with Crippen molar-refractivity contribution >= 4 is 0 Å². The van der Waals surface area contributed by atoms with Crippen LogP contribution in [0.25, 0.3) is 0 Å². The topological polar surface area (TPSA) is 21.3 Å². The molecule has 0 spiro atoms. The molecule has 1 aliphatic rings. The summed E-state index contributed by atoms with van der Waals surface area (Å²) in [6.07, 6.45) is -3.58. The number of ether oxygens (including phenoxy) is 1. The monoisotopic (exact) mass is 301 g/mol. The number of nitrogens with one attached hydrogen (secondary N) is 1. The fraction of sp³-hybridized carbons (Fsp3) is 0.625. The summed E-state index contributed by atoms with van der Waals surface area (Å²) < 4.78 is 44.1. The van der Waals surface area contributed by atoms with E-state index in [0.717, 1.165) is 6.42 Å². The van der Waals surface area contributed by atoms with Crippen LogP contribution in [0.4, 0.5) is 13.2 Å². The van der Waals surface area contributed by atoms with Crippen molar-refractivity contribution in [2.24, 2.45) is 0 Å². The molecule has 1 saturated heterocycles. The summed E-state index contributed by atoms with van der Waals surface area (Å²) in [5.41, 5.74) is 0.397. The first-order valence-corrected chi connectivity index (χ1v) is 7.27. The van der Waals surface area contributed by atoms with Crippen molar-refractivity contribution < 1.29 is 17.9 Å². The Balaban J connectivity index is 2.09. The van der Waals surface area contributed by atoms with Crippen LogP contribution < -0.4 is 5.32 Å². The van der Waals surface area contributed by atoms with Crippen LogP contribution in [-0.2, 0) is 4.74 Å². The molecule has 1 aromatic rings. The summed E-state index contributed by atoms with van der Waals surface area (Å²) in [5.74, 6) is 0. The van der Waals surface area contributed by atoms with Gasteiger partial charge in [-0.2, -0.15) is 13.2 Å². The second-order valence-corrected chi connectivity index (χ2v) is 6.25. The minimum Gasteiger partial charge on any atom is -0.375 e. The Morgan fingerprint density at radius 1 is 1.29 bits per heavy atom. The first-order chi connectivity index (χ1) is 9.75. The fourth-order valence-corrected chi connectivity index (χ4v) is 2.85. The average molecular weight is 301 g/mol. The van der Waals surface area contributed by atoms with E-state index in [1.807, 2.05) is 19.9 Å². The maximum atomic E-state index is 12.8. The van der Waals surface area contributed by atoms with Gasteiger partial charge in [-0.1, -0.05) is 30.3 Å². The van der Waals surface area contributed by atoms with Gasteiger partial charge < -0.3 is 10.1 Å². The van der Waals surface area contributed by atoms with E-state index in [-0.39, 0.29) is 11.6 Å². The Morgan fingerprint density at radius 2 is 1.95 bits per heavy atom. The van der Waals surface area contributed by atoms with Gasteiger partial charge in [-0.25, -0.2) is 0 Å². The number of halogens is 3. The van der Waals surface area contributed by atoms with Crippen LogP contribution in [0.3, 0.4) is 0 Å². The molecule has 1 fully saturated rings. The fourth-order valence-electron chi connectivity index (χ4n) is 2.85. The Labute approximate surface area is 123 Å². The summed E-state index contributed by atoms with van der Waals surface area (Å²) in [4.78, 5) is 0. The lowest BCUT2D eigenvalue weighted by molar-refractivity contribution is -0.142. The van der Waals surface area contributed by atoms with Gasteiger partial charge in [0.25, 0.3) is 0 Å². The molecule has 1 N–H and O–H groups in total. The van der Waals surface area contributed by atoms with Gasteiger partial charge in [0.15, 0.2) is 0 Å². The maximum Gasteiger partial charge on any atom is 0.390 e. The highest BCUT2D eigenvalue weighted by atomic mass is 19.4. The normalized spacial score (nSPS) is 23.8. The Morgan fingerprint density at radius 3 is 2.52 bits per heavy atom. The molecule has 21 heavy (non-hydrogen) atoms. The predicted molar refractivity (Wildman–Crippen MR) is 76.0 cm³/mol. The number of hydrogen-bond donors (Lipinski definition) is 1. The standard InChI is InChI=1S/C16H22F3NO/c1-15(2)10-13(8-9-21-15)20-14(11-16(17,18)19)12-6-4-3-5-7-12/h3-7,13-14,20H,8-11H2,1-2H3. The third-order valence-electron chi connectivity index (χ3n) is 3.77. The molecule has 2 atom stereocenters. The minimum atomic E-state index is -4.19. The van der Waals surface area contributed by atoms with Crippen molar-refractivity contribution in [1.29, 1.82) is 0 Å². The van der Waals surface area contributed by atoms with Crippen molar-refractivity contribution in [3.8, 4) is 0 Å². The van der Waals surface area contributed by atoms with E-state index in [9.17, 15) is 13.2 Å². The van der Waals surface area contributed by atoms with Crippen LogP contribution in [0.1, 0.15) is 44.7 Å². The molecule has 2 nitrogen and oxygen atoms in total. The van der Waals surface area contributed by atoms with Gasteiger partial charge in [0.05, 0.1) is 12.0 Å². The molecule has 0 aromatic heterocycles. The molecule has 2 unspecified atom stereocenters. The lowest BCUT2D eigenvalue weighted by Gasteiger charge is -2.38. The van der Waals surface area contributed by atoms with Crippen LogP contribution in [-0.4, -0.2) is 24.4 Å². The molecule has 1 aliphatic heterocycles. The number of benzene rings is 1. The van der Waals surface area contributed by atoms with Crippen LogP contribution >= 0.6 is 0 Å². The van der Waals surface area contributed by atoms with Crippen molar-refractivity contribution in [2.75, 3.05) is 6.61 Å². The Kier molecular flexibility index (Phi) is 4.94. The Hall–Kier alpha value is -1.07. The predicted octanol–water partition coefficient (Wildman–Crippen LogP) is 4.23. The third kappa shape index (κ3) is 5.32.